The molecule has 28 heavy (non-hydrogen) atoms. The molecular formula is C14H8BrF9O3S. The van der Waals surface area contributed by atoms with E-state index in [0.717, 1.165) is 0 Å². The number of rotatable bonds is 5. The molecule has 0 spiro atoms. The molecular weight excluding hydrogens is 499 g/mol. The van der Waals surface area contributed by atoms with Crippen molar-refractivity contribution >= 4 is 31.8 Å². The molecule has 1 aromatic rings. The van der Waals surface area contributed by atoms with Crippen LogP contribution in [-0.2, 0) is 20.7 Å². The van der Waals surface area contributed by atoms with E-state index < -0.39 is 39.2 Å². The number of alkyl halides is 9. The van der Waals surface area contributed by atoms with Gasteiger partial charge >= 0.3 is 33.4 Å². The SMILES string of the molecule is O=S(=O)(OC1=C(Br)CCc2ccccc21)C(F)(F)C(F)(F)C(F)(F)C(F)(F)F. The van der Waals surface area contributed by atoms with Gasteiger partial charge in [-0.05, 0) is 18.4 Å². The van der Waals surface area contributed by atoms with Crippen LogP contribution in [0.3, 0.4) is 0 Å². The molecule has 0 heterocycles. The highest BCUT2D eigenvalue weighted by atomic mass is 79.9. The van der Waals surface area contributed by atoms with E-state index in [0.29, 0.717) is 5.56 Å². The van der Waals surface area contributed by atoms with Gasteiger partial charge in [-0.1, -0.05) is 40.2 Å². The smallest absolute Gasteiger partial charge is 0.377 e. The van der Waals surface area contributed by atoms with Crippen molar-refractivity contribution in [3.8, 4) is 0 Å². The number of aryl methyl sites for hydroxylation is 1. The zero-order chi connectivity index (χ0) is 21.8. The highest BCUT2D eigenvalue weighted by Crippen LogP contribution is 2.55. The Hall–Kier alpha value is -1.44. The molecule has 0 saturated heterocycles. The van der Waals surface area contributed by atoms with Gasteiger partial charge < -0.3 is 4.18 Å². The standard InChI is InChI=1S/C14H8BrF9O3S/c15-9-6-5-7-3-1-2-4-8(7)10(9)27-28(25,26)14(23,24)12(18,19)11(16,17)13(20,21)22/h1-4H,5-6H2. The van der Waals surface area contributed by atoms with Crippen LogP contribution in [0.5, 0.6) is 0 Å². The van der Waals surface area contributed by atoms with Gasteiger partial charge in [0.1, 0.15) is 0 Å². The molecule has 0 N–H and O–H groups in total. The molecule has 0 aliphatic heterocycles. The third kappa shape index (κ3) is 3.37. The highest BCUT2D eigenvalue weighted by Gasteiger charge is 2.86. The Bertz CT molecular complexity index is 907. The summed E-state index contributed by atoms with van der Waals surface area (Å²) in [6, 6.07) is 5.39. The van der Waals surface area contributed by atoms with Gasteiger partial charge in [-0.25, -0.2) is 0 Å². The second-order valence-corrected chi connectivity index (χ2v) is 8.14. The number of allylic oxidation sites excluding steroid dienone is 1. The van der Waals surface area contributed by atoms with Crippen molar-refractivity contribution in [2.24, 2.45) is 0 Å². The second-order valence-electron chi connectivity index (χ2n) is 5.59. The van der Waals surface area contributed by atoms with Crippen molar-refractivity contribution in [3.05, 3.63) is 39.9 Å². The summed E-state index contributed by atoms with van der Waals surface area (Å²) in [7, 11) is -6.99. The van der Waals surface area contributed by atoms with Gasteiger partial charge in [-0.2, -0.15) is 47.9 Å². The topological polar surface area (TPSA) is 43.4 Å². The lowest BCUT2D eigenvalue weighted by Crippen LogP contribution is -2.63. The van der Waals surface area contributed by atoms with Gasteiger partial charge in [0.25, 0.3) is 0 Å². The predicted octanol–water partition coefficient (Wildman–Crippen LogP) is 5.47. The van der Waals surface area contributed by atoms with Crippen LogP contribution in [0, 0.1) is 0 Å². The normalized spacial score (nSPS) is 16.8. The number of benzene rings is 1. The van der Waals surface area contributed by atoms with E-state index in [1.807, 2.05) is 0 Å². The van der Waals surface area contributed by atoms with Crippen LogP contribution in [0.4, 0.5) is 39.5 Å². The molecule has 0 atom stereocenters. The first kappa shape index (κ1) is 22.8. The molecule has 0 saturated carbocycles. The van der Waals surface area contributed by atoms with Gasteiger partial charge in [0, 0.05) is 10.0 Å². The van der Waals surface area contributed by atoms with E-state index in [2.05, 4.69) is 20.1 Å². The van der Waals surface area contributed by atoms with E-state index in [1.54, 1.807) is 0 Å². The average molecular weight is 507 g/mol. The molecule has 14 heteroatoms. The molecule has 1 aliphatic carbocycles. The largest absolute Gasteiger partial charge is 0.460 e. The third-order valence-electron chi connectivity index (χ3n) is 3.75. The van der Waals surface area contributed by atoms with Crippen molar-refractivity contribution < 1.29 is 52.1 Å². The summed E-state index contributed by atoms with van der Waals surface area (Å²) in [5, 5.41) is -6.91. The molecule has 158 valence electrons. The molecule has 0 unspecified atom stereocenters. The van der Waals surface area contributed by atoms with Gasteiger partial charge in [-0.3, -0.25) is 0 Å². The van der Waals surface area contributed by atoms with E-state index in [4.69, 9.17) is 0 Å². The van der Waals surface area contributed by atoms with Crippen LogP contribution < -0.4 is 0 Å². The zero-order valence-electron chi connectivity index (χ0n) is 13.1. The molecule has 2 rings (SSSR count). The summed E-state index contributed by atoms with van der Waals surface area (Å²) in [6.07, 6.45) is -6.91. The molecule has 0 bridgehead atoms. The van der Waals surface area contributed by atoms with Gasteiger partial charge in [-0.15, -0.1) is 0 Å². The van der Waals surface area contributed by atoms with Crippen molar-refractivity contribution in [3.63, 3.8) is 0 Å². The Morgan fingerprint density at radius 1 is 0.857 bits per heavy atom. The average Bonchev–Trinajstić information content (AvgIpc) is 2.56. The summed E-state index contributed by atoms with van der Waals surface area (Å²) < 4.78 is 144. The summed E-state index contributed by atoms with van der Waals surface area (Å²) >= 11 is 2.80. The Morgan fingerprint density at radius 3 is 1.93 bits per heavy atom. The minimum Gasteiger partial charge on any atom is -0.377 e. The number of hydrogen-bond donors (Lipinski definition) is 0. The van der Waals surface area contributed by atoms with E-state index in [9.17, 15) is 47.9 Å². The third-order valence-corrected chi connectivity index (χ3v) is 5.77. The predicted molar refractivity (Wildman–Crippen MR) is 81.5 cm³/mol. The van der Waals surface area contributed by atoms with Crippen molar-refractivity contribution in [1.29, 1.82) is 0 Å². The minimum atomic E-state index is -7.35. The first-order valence-electron chi connectivity index (χ1n) is 7.08. The second kappa shape index (κ2) is 6.82. The lowest BCUT2D eigenvalue weighted by atomic mass is 9.96. The van der Waals surface area contributed by atoms with Crippen LogP contribution in [0.25, 0.3) is 5.76 Å². The highest BCUT2D eigenvalue weighted by molar-refractivity contribution is 9.11. The fourth-order valence-corrected chi connectivity index (χ4v) is 3.79. The molecule has 0 aromatic heterocycles. The maximum absolute atomic E-state index is 13.8. The van der Waals surface area contributed by atoms with E-state index >= 15 is 0 Å². The Labute approximate surface area is 160 Å². The molecule has 0 amide bonds. The summed E-state index contributed by atoms with van der Waals surface area (Å²) in [5.41, 5.74) is 0.220. The van der Waals surface area contributed by atoms with Crippen LogP contribution in [0.1, 0.15) is 17.5 Å². The maximum atomic E-state index is 13.8. The lowest BCUT2D eigenvalue weighted by molar-refractivity contribution is -0.382. The van der Waals surface area contributed by atoms with Crippen molar-refractivity contribution in [1.82, 2.24) is 0 Å². The lowest BCUT2D eigenvalue weighted by Gasteiger charge is -2.33. The number of hydrogen-bond acceptors (Lipinski definition) is 3. The molecule has 0 radical (unpaired) electrons. The molecule has 0 fully saturated rings. The first-order valence-corrected chi connectivity index (χ1v) is 9.28. The summed E-state index contributed by atoms with van der Waals surface area (Å²) in [5.74, 6) is -15.6. The van der Waals surface area contributed by atoms with E-state index in [1.165, 1.54) is 24.3 Å². The number of halogens is 10. The molecule has 3 nitrogen and oxygen atoms in total. The van der Waals surface area contributed by atoms with E-state index in [-0.39, 0.29) is 22.9 Å². The quantitative estimate of drug-likeness (QED) is 0.393. The summed E-state index contributed by atoms with van der Waals surface area (Å²) in [4.78, 5) is 0. The maximum Gasteiger partial charge on any atom is 0.460 e. The minimum absolute atomic E-state index is 0.0253. The Kier molecular flexibility index (Phi) is 5.56. The first-order chi connectivity index (χ1) is 12.5. The monoisotopic (exact) mass is 506 g/mol. The molecule has 1 aromatic carbocycles. The van der Waals surface area contributed by atoms with Crippen molar-refractivity contribution in [2.45, 2.75) is 36.1 Å². The van der Waals surface area contributed by atoms with Crippen LogP contribution in [-0.4, -0.2) is 31.7 Å². The summed E-state index contributed by atoms with van der Waals surface area (Å²) in [6.45, 7) is 0. The van der Waals surface area contributed by atoms with Crippen LogP contribution in [0.15, 0.2) is 28.7 Å². The van der Waals surface area contributed by atoms with Gasteiger partial charge in [0.05, 0.1) is 0 Å². The van der Waals surface area contributed by atoms with Crippen molar-refractivity contribution in [2.75, 3.05) is 0 Å². The number of fused-ring (bicyclic) bond motifs is 1. The Balaban J connectivity index is 2.52. The molecule has 1 aliphatic rings. The van der Waals surface area contributed by atoms with Crippen LogP contribution >= 0.6 is 15.9 Å². The van der Waals surface area contributed by atoms with Crippen LogP contribution in [0.2, 0.25) is 0 Å². The Morgan fingerprint density at radius 2 is 1.39 bits per heavy atom. The van der Waals surface area contributed by atoms with Gasteiger partial charge in [0.2, 0.25) is 0 Å². The fourth-order valence-electron chi connectivity index (χ4n) is 2.23. The fraction of sp³-hybridized carbons (Fsp3) is 0.429. The van der Waals surface area contributed by atoms with Gasteiger partial charge in [0.15, 0.2) is 5.76 Å². The zero-order valence-corrected chi connectivity index (χ0v) is 15.5.